The van der Waals surface area contributed by atoms with Crippen molar-refractivity contribution in [1.29, 1.82) is 0 Å². The van der Waals surface area contributed by atoms with Gasteiger partial charge in [-0.1, -0.05) is 37.4 Å². The maximum absolute atomic E-state index is 5.49. The SMILES string of the molecule is CC1=C(C)O/C(=C/C2[N-]C(C)=C(C)S2)[N-]1.[Ir+3].[c-]1cscc1-c1ccccn1. The van der Waals surface area contributed by atoms with E-state index in [9.17, 15) is 0 Å². The molecule has 7 heteroatoms. The first-order valence-electron chi connectivity index (χ1n) is 8.22. The molecule has 2 aliphatic rings. The molecule has 4 rings (SSSR count). The largest absolute Gasteiger partial charge is 3.00 e. The van der Waals surface area contributed by atoms with Gasteiger partial charge in [0.1, 0.15) is 0 Å². The van der Waals surface area contributed by atoms with Gasteiger partial charge in [-0.25, -0.2) is 11.3 Å². The summed E-state index contributed by atoms with van der Waals surface area (Å²) in [7, 11) is 0. The second kappa shape index (κ2) is 10.1. The summed E-state index contributed by atoms with van der Waals surface area (Å²) in [6.07, 6.45) is 3.76. The molecule has 4 heterocycles. The van der Waals surface area contributed by atoms with Crippen molar-refractivity contribution in [2.24, 2.45) is 0 Å². The van der Waals surface area contributed by atoms with Gasteiger partial charge in [0.25, 0.3) is 0 Å². The fourth-order valence-corrected chi connectivity index (χ4v) is 3.80. The Morgan fingerprint density at radius 1 is 1.19 bits per heavy atom. The van der Waals surface area contributed by atoms with E-state index in [1.807, 2.05) is 55.8 Å². The van der Waals surface area contributed by atoms with Gasteiger partial charge in [0.05, 0.1) is 5.76 Å². The second-order valence-corrected chi connectivity index (χ2v) is 7.86. The van der Waals surface area contributed by atoms with Crippen LogP contribution < -0.4 is 0 Å². The summed E-state index contributed by atoms with van der Waals surface area (Å²) in [6.45, 7) is 7.99. The molecule has 0 bridgehead atoms. The molecule has 0 saturated carbocycles. The molecule has 1 unspecified atom stereocenters. The van der Waals surface area contributed by atoms with Crippen molar-refractivity contribution in [3.8, 4) is 11.3 Å². The summed E-state index contributed by atoms with van der Waals surface area (Å²) in [5.41, 5.74) is 4.14. The molecule has 2 aromatic heterocycles. The maximum Gasteiger partial charge on any atom is 3.00 e. The Balaban J connectivity index is 0.000000194. The van der Waals surface area contributed by atoms with Crippen LogP contribution in [0.1, 0.15) is 27.7 Å². The average molecular weight is 575 g/mol. The van der Waals surface area contributed by atoms with E-state index < -0.39 is 0 Å². The Bertz CT molecular complexity index is 815. The minimum absolute atomic E-state index is 0. The zero-order valence-electron chi connectivity index (χ0n) is 15.5. The standard InChI is InChI=1S/C11H14N2OS.C9H6NS.Ir/c1-6-8(3)14-10(12-6)5-11-13-7(2)9(4)15-11;1-2-5-10-9(3-1)8-4-6-11-7-8;/h5,11H,1-4H3;1-3,5-7H;/q-2;-1;+3/b10-5+;;. The summed E-state index contributed by atoms with van der Waals surface area (Å²) in [5, 5.41) is 12.9. The van der Waals surface area contributed by atoms with Gasteiger partial charge < -0.3 is 20.4 Å². The van der Waals surface area contributed by atoms with E-state index in [0.29, 0.717) is 5.88 Å². The van der Waals surface area contributed by atoms with E-state index in [4.69, 9.17) is 4.74 Å². The molecule has 0 aliphatic carbocycles. The van der Waals surface area contributed by atoms with Gasteiger partial charge in [-0.3, -0.25) is 0 Å². The van der Waals surface area contributed by atoms with Crippen LogP contribution in [-0.2, 0) is 24.8 Å². The number of nitrogens with zero attached hydrogens (tertiary/aromatic N) is 3. The Kier molecular flexibility index (Phi) is 8.17. The quantitative estimate of drug-likeness (QED) is 0.371. The minimum atomic E-state index is 0. The molecule has 0 aromatic carbocycles. The van der Waals surface area contributed by atoms with Crippen LogP contribution in [0.3, 0.4) is 0 Å². The van der Waals surface area contributed by atoms with Crippen molar-refractivity contribution in [3.63, 3.8) is 0 Å². The van der Waals surface area contributed by atoms with Gasteiger partial charge in [0.2, 0.25) is 0 Å². The number of allylic oxidation sites excluding steroid dienone is 4. The zero-order chi connectivity index (χ0) is 18.5. The van der Waals surface area contributed by atoms with Crippen LogP contribution in [0.5, 0.6) is 0 Å². The number of thioether (sulfide) groups is 1. The Hall–Kier alpha value is -1.53. The topological polar surface area (TPSA) is 50.3 Å². The molecule has 0 amide bonds. The molecule has 2 aromatic rings. The van der Waals surface area contributed by atoms with Crippen LogP contribution in [0.15, 0.2) is 69.2 Å². The predicted octanol–water partition coefficient (Wildman–Crippen LogP) is 6.79. The van der Waals surface area contributed by atoms with Crippen LogP contribution in [-0.4, -0.2) is 10.4 Å². The van der Waals surface area contributed by atoms with E-state index >= 15 is 0 Å². The first-order valence-corrected chi connectivity index (χ1v) is 10.0. The molecule has 2 aliphatic heterocycles. The number of ether oxygens (including phenoxy) is 1. The van der Waals surface area contributed by atoms with Crippen LogP contribution in [0, 0.1) is 6.07 Å². The van der Waals surface area contributed by atoms with Crippen LogP contribution in [0.25, 0.3) is 21.9 Å². The molecule has 1 atom stereocenters. The van der Waals surface area contributed by atoms with E-state index in [1.165, 1.54) is 4.91 Å². The number of pyridine rings is 1. The fraction of sp³-hybridized carbons (Fsp3) is 0.250. The number of hydrogen-bond donors (Lipinski definition) is 0. The molecule has 0 spiro atoms. The first-order chi connectivity index (χ1) is 12.5. The first kappa shape index (κ1) is 21.8. The number of rotatable bonds is 2. The van der Waals surface area contributed by atoms with Crippen LogP contribution >= 0.6 is 23.1 Å². The van der Waals surface area contributed by atoms with Crippen LogP contribution in [0.4, 0.5) is 0 Å². The van der Waals surface area contributed by atoms with Crippen molar-refractivity contribution < 1.29 is 24.8 Å². The maximum atomic E-state index is 5.49. The van der Waals surface area contributed by atoms with Crippen molar-refractivity contribution in [2.45, 2.75) is 33.1 Å². The number of hydrogen-bond acceptors (Lipinski definition) is 4. The fourth-order valence-electron chi connectivity index (χ4n) is 2.23. The molecule has 0 saturated heterocycles. The predicted molar refractivity (Wildman–Crippen MR) is 110 cm³/mol. The molecular formula is C20H20IrN3OS2. The molecule has 0 N–H and O–H groups in total. The number of thiophene rings is 1. The van der Waals surface area contributed by atoms with Gasteiger partial charge in [0.15, 0.2) is 0 Å². The third kappa shape index (κ3) is 5.98. The smallest absolute Gasteiger partial charge is 0.673 e. The van der Waals surface area contributed by atoms with Crippen LogP contribution in [0.2, 0.25) is 0 Å². The van der Waals surface area contributed by atoms with Gasteiger partial charge in [0, 0.05) is 12.1 Å². The molecular weight excluding hydrogens is 555 g/mol. The summed E-state index contributed by atoms with van der Waals surface area (Å²) < 4.78 is 5.49. The Morgan fingerprint density at radius 2 is 2.00 bits per heavy atom. The molecule has 27 heavy (non-hydrogen) atoms. The summed E-state index contributed by atoms with van der Waals surface area (Å²) in [4.78, 5) is 5.47. The summed E-state index contributed by atoms with van der Waals surface area (Å²) in [5.74, 6) is 1.56. The Labute approximate surface area is 182 Å². The van der Waals surface area contributed by atoms with E-state index in [0.717, 1.165) is 28.4 Å². The van der Waals surface area contributed by atoms with E-state index in [-0.39, 0.29) is 25.5 Å². The van der Waals surface area contributed by atoms with Crippen molar-refractivity contribution in [2.75, 3.05) is 0 Å². The summed E-state index contributed by atoms with van der Waals surface area (Å²) >= 11 is 3.38. The second-order valence-electron chi connectivity index (χ2n) is 5.78. The van der Waals surface area contributed by atoms with Crippen molar-refractivity contribution >= 4 is 23.1 Å². The number of aromatic nitrogens is 1. The minimum Gasteiger partial charge on any atom is -0.673 e. The zero-order valence-corrected chi connectivity index (χ0v) is 19.5. The normalized spacial score (nSPS) is 19.7. The third-order valence-electron chi connectivity index (χ3n) is 3.87. The molecule has 0 radical (unpaired) electrons. The average Bonchev–Trinajstić information content (AvgIpc) is 3.33. The molecule has 0 fully saturated rings. The van der Waals surface area contributed by atoms with Crippen molar-refractivity contribution in [3.05, 3.63) is 85.9 Å². The van der Waals surface area contributed by atoms with E-state index in [1.54, 1.807) is 29.3 Å². The monoisotopic (exact) mass is 575 g/mol. The van der Waals surface area contributed by atoms with Gasteiger partial charge >= 0.3 is 20.1 Å². The third-order valence-corrected chi connectivity index (χ3v) is 5.63. The van der Waals surface area contributed by atoms with Crippen molar-refractivity contribution in [1.82, 2.24) is 4.98 Å². The summed E-state index contributed by atoms with van der Waals surface area (Å²) in [6, 6.07) is 8.99. The Morgan fingerprint density at radius 3 is 2.52 bits per heavy atom. The van der Waals surface area contributed by atoms with Gasteiger partial charge in [-0.05, 0) is 35.9 Å². The molecule has 4 nitrogen and oxygen atoms in total. The van der Waals surface area contributed by atoms with Gasteiger partial charge in [-0.2, -0.15) is 17.3 Å². The van der Waals surface area contributed by atoms with Gasteiger partial charge in [-0.15, -0.1) is 22.8 Å². The van der Waals surface area contributed by atoms with E-state index in [2.05, 4.69) is 28.6 Å². The molecule has 142 valence electrons.